The molecular formula is C18H24N4O2. The average molecular weight is 328 g/mol. The highest BCUT2D eigenvalue weighted by molar-refractivity contribution is 5.94. The number of aryl methyl sites for hydroxylation is 1. The molecule has 6 heteroatoms. The van der Waals surface area contributed by atoms with E-state index in [4.69, 9.17) is 4.42 Å². The summed E-state index contributed by atoms with van der Waals surface area (Å²) in [5, 5.41) is 2.89. The fourth-order valence-corrected chi connectivity index (χ4v) is 2.92. The highest BCUT2D eigenvalue weighted by Crippen LogP contribution is 2.18. The molecule has 0 bridgehead atoms. The van der Waals surface area contributed by atoms with Crippen LogP contribution in [-0.4, -0.2) is 29.0 Å². The van der Waals surface area contributed by atoms with Crippen molar-refractivity contribution in [1.29, 1.82) is 0 Å². The summed E-state index contributed by atoms with van der Waals surface area (Å²) in [6.07, 6.45) is 8.27. The fourth-order valence-electron chi connectivity index (χ4n) is 2.92. The Morgan fingerprint density at radius 1 is 1.17 bits per heavy atom. The van der Waals surface area contributed by atoms with E-state index < -0.39 is 0 Å². The van der Waals surface area contributed by atoms with Gasteiger partial charge in [-0.2, -0.15) is 0 Å². The van der Waals surface area contributed by atoms with Crippen LogP contribution in [0.5, 0.6) is 0 Å². The molecule has 128 valence electrons. The summed E-state index contributed by atoms with van der Waals surface area (Å²) >= 11 is 0. The molecule has 24 heavy (non-hydrogen) atoms. The fraction of sp³-hybridized carbons (Fsp3) is 0.500. The molecule has 2 aromatic heterocycles. The molecule has 0 aliphatic carbocycles. The van der Waals surface area contributed by atoms with Gasteiger partial charge >= 0.3 is 0 Å². The summed E-state index contributed by atoms with van der Waals surface area (Å²) in [5.74, 6) is 2.02. The van der Waals surface area contributed by atoms with Crippen molar-refractivity contribution < 1.29 is 9.21 Å². The number of hydrogen-bond acceptors (Lipinski definition) is 5. The minimum atomic E-state index is -0.281. The number of oxazole rings is 1. The summed E-state index contributed by atoms with van der Waals surface area (Å²) in [6.45, 7) is 5.76. The van der Waals surface area contributed by atoms with Gasteiger partial charge in [-0.1, -0.05) is 12.8 Å². The van der Waals surface area contributed by atoms with Crippen molar-refractivity contribution in [1.82, 2.24) is 15.3 Å². The molecule has 1 unspecified atom stereocenters. The van der Waals surface area contributed by atoms with Crippen molar-refractivity contribution in [3.63, 3.8) is 0 Å². The summed E-state index contributed by atoms with van der Waals surface area (Å²) in [5.41, 5.74) is 0.545. The molecule has 3 heterocycles. The molecule has 6 nitrogen and oxygen atoms in total. The number of amides is 1. The Morgan fingerprint density at radius 3 is 2.50 bits per heavy atom. The van der Waals surface area contributed by atoms with E-state index >= 15 is 0 Å². The highest BCUT2D eigenvalue weighted by atomic mass is 16.4. The maximum atomic E-state index is 12.3. The van der Waals surface area contributed by atoms with Gasteiger partial charge in [0, 0.05) is 19.3 Å². The monoisotopic (exact) mass is 328 g/mol. The quantitative estimate of drug-likeness (QED) is 0.933. The molecule has 1 saturated heterocycles. The van der Waals surface area contributed by atoms with Crippen LogP contribution in [0.4, 0.5) is 5.82 Å². The van der Waals surface area contributed by atoms with Crippen LogP contribution in [0.25, 0.3) is 0 Å². The summed E-state index contributed by atoms with van der Waals surface area (Å²) in [4.78, 5) is 23.3. The third-order valence-electron chi connectivity index (χ3n) is 4.30. The molecule has 1 N–H and O–H groups in total. The number of nitrogens with one attached hydrogen (secondary N) is 1. The Labute approximate surface area is 142 Å². The van der Waals surface area contributed by atoms with E-state index in [1.807, 2.05) is 26.0 Å². The van der Waals surface area contributed by atoms with Crippen LogP contribution in [0.3, 0.4) is 0 Å². The van der Waals surface area contributed by atoms with Gasteiger partial charge in [0.25, 0.3) is 5.91 Å². The lowest BCUT2D eigenvalue weighted by molar-refractivity contribution is 0.0933. The van der Waals surface area contributed by atoms with Crippen molar-refractivity contribution >= 4 is 11.7 Å². The maximum Gasteiger partial charge on any atom is 0.253 e. The van der Waals surface area contributed by atoms with Gasteiger partial charge in [0.1, 0.15) is 17.6 Å². The van der Waals surface area contributed by atoms with E-state index in [0.717, 1.165) is 24.7 Å². The van der Waals surface area contributed by atoms with E-state index in [2.05, 4.69) is 20.2 Å². The molecule has 3 rings (SSSR count). The maximum absolute atomic E-state index is 12.3. The predicted molar refractivity (Wildman–Crippen MR) is 92.0 cm³/mol. The molecule has 2 aromatic rings. The van der Waals surface area contributed by atoms with Crippen molar-refractivity contribution in [2.24, 2.45) is 0 Å². The number of hydrogen-bond donors (Lipinski definition) is 1. The second-order valence-electron chi connectivity index (χ2n) is 6.31. The zero-order valence-corrected chi connectivity index (χ0v) is 14.3. The molecule has 0 radical (unpaired) electrons. The zero-order chi connectivity index (χ0) is 16.9. The van der Waals surface area contributed by atoms with E-state index in [1.165, 1.54) is 25.7 Å². The van der Waals surface area contributed by atoms with Gasteiger partial charge in [-0.25, -0.2) is 9.97 Å². The molecule has 0 aromatic carbocycles. The van der Waals surface area contributed by atoms with Crippen LogP contribution in [-0.2, 0) is 0 Å². The molecule has 1 amide bonds. The van der Waals surface area contributed by atoms with Crippen LogP contribution in [0, 0.1) is 6.92 Å². The SMILES string of the molecule is Cc1cnc(C(C)NC(=O)c2ccc(N3CCCCCC3)nc2)o1. The van der Waals surface area contributed by atoms with Crippen LogP contribution >= 0.6 is 0 Å². The number of pyridine rings is 1. The standard InChI is InChI=1S/C18H24N4O2/c1-13-11-20-18(24-13)14(2)21-17(23)15-7-8-16(19-12-15)22-9-5-3-4-6-10-22/h7-8,11-12,14H,3-6,9-10H2,1-2H3,(H,21,23). The lowest BCUT2D eigenvalue weighted by Crippen LogP contribution is -2.28. The van der Waals surface area contributed by atoms with Crippen molar-refractivity contribution in [3.05, 3.63) is 41.7 Å². The molecule has 0 spiro atoms. The average Bonchev–Trinajstić information content (AvgIpc) is 2.85. The van der Waals surface area contributed by atoms with Gasteiger partial charge in [0.05, 0.1) is 11.8 Å². The van der Waals surface area contributed by atoms with Gasteiger partial charge < -0.3 is 14.6 Å². The van der Waals surface area contributed by atoms with E-state index in [9.17, 15) is 4.79 Å². The first-order valence-corrected chi connectivity index (χ1v) is 8.57. The number of rotatable bonds is 4. The van der Waals surface area contributed by atoms with Gasteiger partial charge in [-0.05, 0) is 38.8 Å². The Morgan fingerprint density at radius 2 is 1.92 bits per heavy atom. The second kappa shape index (κ2) is 7.47. The van der Waals surface area contributed by atoms with Crippen molar-refractivity contribution in [2.75, 3.05) is 18.0 Å². The van der Waals surface area contributed by atoms with Gasteiger partial charge in [-0.3, -0.25) is 4.79 Å². The minimum Gasteiger partial charge on any atom is -0.444 e. The first-order chi connectivity index (χ1) is 11.6. The molecular weight excluding hydrogens is 304 g/mol. The first kappa shape index (κ1) is 16.5. The Hall–Kier alpha value is -2.37. The van der Waals surface area contributed by atoms with Gasteiger partial charge in [0.2, 0.25) is 5.89 Å². The van der Waals surface area contributed by atoms with Crippen LogP contribution < -0.4 is 10.2 Å². The second-order valence-corrected chi connectivity index (χ2v) is 6.31. The normalized spacial score (nSPS) is 16.5. The number of carbonyl (C=O) groups is 1. The van der Waals surface area contributed by atoms with E-state index in [-0.39, 0.29) is 11.9 Å². The van der Waals surface area contributed by atoms with Gasteiger partial charge in [-0.15, -0.1) is 0 Å². The topological polar surface area (TPSA) is 71.3 Å². The summed E-state index contributed by atoms with van der Waals surface area (Å²) in [7, 11) is 0. The molecule has 1 aliphatic heterocycles. The third-order valence-corrected chi connectivity index (χ3v) is 4.30. The summed E-state index contributed by atoms with van der Waals surface area (Å²) < 4.78 is 5.44. The smallest absolute Gasteiger partial charge is 0.253 e. The zero-order valence-electron chi connectivity index (χ0n) is 14.3. The molecule has 0 saturated carbocycles. The Balaban J connectivity index is 1.63. The number of carbonyl (C=O) groups excluding carboxylic acids is 1. The van der Waals surface area contributed by atoms with E-state index in [1.54, 1.807) is 12.4 Å². The highest BCUT2D eigenvalue weighted by Gasteiger charge is 2.17. The van der Waals surface area contributed by atoms with Crippen LogP contribution in [0.1, 0.15) is 60.7 Å². The Bertz CT molecular complexity index is 673. The number of anilines is 1. The van der Waals surface area contributed by atoms with Crippen molar-refractivity contribution in [2.45, 2.75) is 45.6 Å². The number of nitrogens with zero attached hydrogens (tertiary/aromatic N) is 3. The lowest BCUT2D eigenvalue weighted by Gasteiger charge is -2.21. The number of aromatic nitrogens is 2. The van der Waals surface area contributed by atoms with E-state index in [0.29, 0.717) is 11.5 Å². The van der Waals surface area contributed by atoms with Crippen LogP contribution in [0.2, 0.25) is 0 Å². The third kappa shape index (κ3) is 3.93. The van der Waals surface area contributed by atoms with Crippen LogP contribution in [0.15, 0.2) is 28.9 Å². The molecule has 1 fully saturated rings. The largest absolute Gasteiger partial charge is 0.444 e. The van der Waals surface area contributed by atoms with Gasteiger partial charge in [0.15, 0.2) is 0 Å². The Kier molecular flexibility index (Phi) is 5.13. The van der Waals surface area contributed by atoms with Crippen molar-refractivity contribution in [3.8, 4) is 0 Å². The lowest BCUT2D eigenvalue weighted by atomic mass is 10.2. The minimum absolute atomic E-state index is 0.173. The summed E-state index contributed by atoms with van der Waals surface area (Å²) in [6, 6.07) is 3.48. The predicted octanol–water partition coefficient (Wildman–Crippen LogP) is 3.25. The first-order valence-electron chi connectivity index (χ1n) is 8.57. The molecule has 1 atom stereocenters. The molecule has 1 aliphatic rings.